The Labute approximate surface area is 122 Å². The van der Waals surface area contributed by atoms with E-state index in [2.05, 4.69) is 0 Å². The Balaban J connectivity index is 0.000000384. The first-order valence-electron chi connectivity index (χ1n) is 6.11. The van der Waals surface area contributed by atoms with Crippen molar-refractivity contribution in [2.45, 2.75) is 18.9 Å². The van der Waals surface area contributed by atoms with Crippen LogP contribution in [0.1, 0.15) is 18.4 Å². The summed E-state index contributed by atoms with van der Waals surface area (Å²) in [5.74, 6) is -1.64. The van der Waals surface area contributed by atoms with Crippen molar-refractivity contribution < 1.29 is 19.5 Å². The number of hydrogen-bond acceptors (Lipinski definition) is 5. The average molecular weight is 293 g/mol. The highest BCUT2D eigenvalue weighted by atomic mass is 16.4. The highest BCUT2D eigenvalue weighted by molar-refractivity contribution is 5.80. The summed E-state index contributed by atoms with van der Waals surface area (Å²) in [6.45, 7) is 0. The van der Waals surface area contributed by atoms with Crippen molar-refractivity contribution in [3.05, 3.63) is 41.6 Å². The van der Waals surface area contributed by atoms with Crippen molar-refractivity contribution in [1.82, 2.24) is 0 Å². The molecule has 0 saturated heterocycles. The fourth-order valence-corrected chi connectivity index (χ4v) is 1.20. The van der Waals surface area contributed by atoms with Gasteiger partial charge in [0.2, 0.25) is 5.91 Å². The Morgan fingerprint density at radius 2 is 1.76 bits per heavy atom. The molecule has 21 heavy (non-hydrogen) atoms. The van der Waals surface area contributed by atoms with E-state index in [1.807, 2.05) is 30.3 Å². The van der Waals surface area contributed by atoms with Crippen LogP contribution in [0.25, 0.3) is 6.08 Å². The standard InChI is InChI=1S/C9H9NO.C5H10N2O3/c10-9(7-11)6-8-4-2-1-3-5-8;6-3(5(9)10)1-2-4(7)8/h1-7H,10H2;3H,1-2,6H2,(H2,7,8)(H,9,10). The van der Waals surface area contributed by atoms with E-state index in [9.17, 15) is 14.4 Å². The zero-order valence-electron chi connectivity index (χ0n) is 11.4. The van der Waals surface area contributed by atoms with Crippen LogP contribution in [0.3, 0.4) is 0 Å². The van der Waals surface area contributed by atoms with Crippen LogP contribution in [0.5, 0.6) is 0 Å². The summed E-state index contributed by atoms with van der Waals surface area (Å²) in [6.07, 6.45) is 2.39. The second-order valence-corrected chi connectivity index (χ2v) is 4.12. The second-order valence-electron chi connectivity index (χ2n) is 4.12. The van der Waals surface area contributed by atoms with Crippen molar-refractivity contribution in [3.8, 4) is 0 Å². The van der Waals surface area contributed by atoms with E-state index in [4.69, 9.17) is 22.3 Å². The molecular weight excluding hydrogens is 274 g/mol. The molecule has 0 aromatic heterocycles. The molecule has 0 spiro atoms. The fourth-order valence-electron chi connectivity index (χ4n) is 1.20. The van der Waals surface area contributed by atoms with Crippen LogP contribution in [0.2, 0.25) is 0 Å². The lowest BCUT2D eigenvalue weighted by Crippen LogP contribution is -2.31. The third kappa shape index (κ3) is 9.85. The monoisotopic (exact) mass is 293 g/mol. The van der Waals surface area contributed by atoms with Crippen LogP contribution in [0.4, 0.5) is 0 Å². The van der Waals surface area contributed by atoms with Crippen LogP contribution in [0, 0.1) is 0 Å². The summed E-state index contributed by atoms with van der Waals surface area (Å²) in [5.41, 5.74) is 16.3. The van der Waals surface area contributed by atoms with E-state index in [1.54, 1.807) is 6.08 Å². The SMILES string of the molecule is NC(=O)CCC(N)C(=O)O.NC(C=O)=Cc1ccccc1. The number of carbonyl (C=O) groups is 3. The number of carboxylic acids is 1. The van der Waals surface area contributed by atoms with Crippen molar-refractivity contribution in [1.29, 1.82) is 0 Å². The van der Waals surface area contributed by atoms with Gasteiger partial charge in [-0.1, -0.05) is 30.3 Å². The molecule has 0 aliphatic carbocycles. The first kappa shape index (κ1) is 18.3. The molecule has 1 amide bonds. The molecule has 1 atom stereocenters. The summed E-state index contributed by atoms with van der Waals surface area (Å²) < 4.78 is 0. The van der Waals surface area contributed by atoms with E-state index in [-0.39, 0.29) is 18.5 Å². The van der Waals surface area contributed by atoms with E-state index in [0.717, 1.165) is 5.56 Å². The van der Waals surface area contributed by atoms with E-state index >= 15 is 0 Å². The van der Waals surface area contributed by atoms with Gasteiger partial charge in [0.05, 0.1) is 5.70 Å². The Bertz CT molecular complexity index is 500. The zero-order chi connectivity index (χ0) is 16.3. The van der Waals surface area contributed by atoms with Crippen molar-refractivity contribution in [2.75, 3.05) is 0 Å². The van der Waals surface area contributed by atoms with Gasteiger partial charge >= 0.3 is 5.97 Å². The maximum Gasteiger partial charge on any atom is 0.320 e. The van der Waals surface area contributed by atoms with Gasteiger partial charge in [-0.3, -0.25) is 14.4 Å². The molecule has 0 radical (unpaired) electrons. The smallest absolute Gasteiger partial charge is 0.320 e. The van der Waals surface area contributed by atoms with E-state index < -0.39 is 17.9 Å². The average Bonchev–Trinajstić information content (AvgIpc) is 2.46. The highest BCUT2D eigenvalue weighted by Crippen LogP contribution is 2.01. The lowest BCUT2D eigenvalue weighted by Gasteiger charge is -2.01. The maximum absolute atomic E-state index is 10.1. The number of rotatable bonds is 6. The van der Waals surface area contributed by atoms with Gasteiger partial charge in [0.1, 0.15) is 6.04 Å². The molecule has 7 nitrogen and oxygen atoms in total. The van der Waals surface area contributed by atoms with Crippen molar-refractivity contribution >= 4 is 24.2 Å². The molecule has 0 aliphatic heterocycles. The van der Waals surface area contributed by atoms with Gasteiger partial charge in [0.15, 0.2) is 6.29 Å². The molecule has 1 aromatic rings. The normalized spacial score (nSPS) is 11.8. The molecule has 0 bridgehead atoms. The van der Waals surface area contributed by atoms with Crippen LogP contribution >= 0.6 is 0 Å². The Kier molecular flexibility index (Phi) is 8.87. The van der Waals surface area contributed by atoms with Crippen molar-refractivity contribution in [3.63, 3.8) is 0 Å². The number of benzene rings is 1. The molecule has 114 valence electrons. The Morgan fingerprint density at radius 3 is 2.19 bits per heavy atom. The third-order valence-electron chi connectivity index (χ3n) is 2.29. The molecule has 1 unspecified atom stereocenters. The summed E-state index contributed by atoms with van der Waals surface area (Å²) in [7, 11) is 0. The Morgan fingerprint density at radius 1 is 1.19 bits per heavy atom. The van der Waals surface area contributed by atoms with Gasteiger partial charge in [0, 0.05) is 6.42 Å². The molecule has 7 N–H and O–H groups in total. The zero-order valence-corrected chi connectivity index (χ0v) is 11.4. The Hall–Kier alpha value is -2.67. The van der Waals surface area contributed by atoms with Crippen LogP contribution < -0.4 is 17.2 Å². The number of carbonyl (C=O) groups excluding carboxylic acids is 2. The molecule has 0 saturated carbocycles. The lowest BCUT2D eigenvalue weighted by molar-refractivity contribution is -0.138. The number of hydrogen-bond donors (Lipinski definition) is 4. The fraction of sp³-hybridized carbons (Fsp3) is 0.214. The van der Waals surface area contributed by atoms with Gasteiger partial charge in [-0.15, -0.1) is 0 Å². The number of aliphatic carboxylic acids is 1. The molecule has 7 heteroatoms. The number of nitrogens with two attached hydrogens (primary N) is 3. The lowest BCUT2D eigenvalue weighted by atomic mass is 10.2. The van der Waals surface area contributed by atoms with Gasteiger partial charge in [-0.05, 0) is 18.1 Å². The molecule has 1 rings (SSSR count). The third-order valence-corrected chi connectivity index (χ3v) is 2.29. The summed E-state index contributed by atoms with van der Waals surface area (Å²) in [5, 5.41) is 8.22. The topological polar surface area (TPSA) is 150 Å². The van der Waals surface area contributed by atoms with Crippen LogP contribution in [-0.4, -0.2) is 29.3 Å². The largest absolute Gasteiger partial charge is 0.480 e. The minimum atomic E-state index is -1.11. The minimum absolute atomic E-state index is 0.0213. The van der Waals surface area contributed by atoms with E-state index in [0.29, 0.717) is 6.29 Å². The van der Waals surface area contributed by atoms with Crippen molar-refractivity contribution in [2.24, 2.45) is 17.2 Å². The molecule has 1 aromatic carbocycles. The first-order chi connectivity index (χ1) is 9.86. The number of aldehydes is 1. The summed E-state index contributed by atoms with van der Waals surface area (Å²) >= 11 is 0. The first-order valence-corrected chi connectivity index (χ1v) is 6.11. The maximum atomic E-state index is 10.1. The molecular formula is C14H19N3O4. The number of primary amides is 1. The minimum Gasteiger partial charge on any atom is -0.480 e. The molecule has 0 heterocycles. The second kappa shape index (κ2) is 10.2. The van der Waals surface area contributed by atoms with Crippen LogP contribution in [0.15, 0.2) is 36.0 Å². The number of allylic oxidation sites excluding steroid dienone is 1. The van der Waals surface area contributed by atoms with Crippen LogP contribution in [-0.2, 0) is 14.4 Å². The van der Waals surface area contributed by atoms with E-state index in [1.165, 1.54) is 0 Å². The predicted octanol–water partition coefficient (Wildman–Crippen LogP) is -0.151. The van der Waals surface area contributed by atoms with Gasteiger partial charge in [-0.25, -0.2) is 0 Å². The molecule has 0 fully saturated rings. The highest BCUT2D eigenvalue weighted by Gasteiger charge is 2.11. The number of carboxylic acid groups (broad SMARTS) is 1. The van der Waals surface area contributed by atoms with Gasteiger partial charge < -0.3 is 22.3 Å². The van der Waals surface area contributed by atoms with Gasteiger partial charge in [0.25, 0.3) is 0 Å². The predicted molar refractivity (Wildman–Crippen MR) is 78.7 cm³/mol. The number of amides is 1. The molecule has 0 aliphatic rings. The quantitative estimate of drug-likeness (QED) is 0.423. The van der Waals surface area contributed by atoms with Gasteiger partial charge in [-0.2, -0.15) is 0 Å². The summed E-state index contributed by atoms with van der Waals surface area (Å²) in [6, 6.07) is 8.49. The summed E-state index contributed by atoms with van der Waals surface area (Å²) in [4.78, 5) is 30.3.